The molecule has 4 aromatic carbocycles. The van der Waals surface area contributed by atoms with E-state index < -0.39 is 6.10 Å². The maximum atomic E-state index is 12.1. The summed E-state index contributed by atoms with van der Waals surface area (Å²) in [4.78, 5) is 11.6. The lowest BCUT2D eigenvalue weighted by Crippen LogP contribution is -2.69. The number of aliphatic hydroxyl groups is 1. The van der Waals surface area contributed by atoms with E-state index in [0.717, 1.165) is 49.7 Å². The average Bonchev–Trinajstić information content (AvgIpc) is 3.69. The summed E-state index contributed by atoms with van der Waals surface area (Å²) in [5.74, 6) is 1.25. The van der Waals surface area contributed by atoms with Crippen molar-refractivity contribution in [1.82, 2.24) is 0 Å². The topological polar surface area (TPSA) is 83.5 Å². The van der Waals surface area contributed by atoms with E-state index in [4.69, 9.17) is 23.7 Å². The van der Waals surface area contributed by atoms with Crippen molar-refractivity contribution in [2.75, 3.05) is 6.61 Å². The standard InChI is InChI=1S/C59H76O7/c1-40(2)47(30-32-62-42(4)60)33-53(61)41(3)49-27-28-50-55-51(29-31-58(49,50)5)59(6)52(56(65-38-45-23-15-9-16-24-45)57(55)66-39-46-25-17-10-18-26-46)34-48(63-36-43-19-11-7-12-20-43)35-54(59)64-37-44-21-13-8-14-22-44/h7-27,40-41,47-48,50-57,61H,28-39H2,1-6H3/t41-,47+,48+,50?,51?,52?,53?,54+,55?,56-,57-,58-,59-/m1/s1. The molecule has 354 valence electrons. The van der Waals surface area contributed by atoms with Crippen molar-refractivity contribution >= 4 is 5.97 Å². The summed E-state index contributed by atoms with van der Waals surface area (Å²) < 4.78 is 34.6. The monoisotopic (exact) mass is 897 g/mol. The Balaban J connectivity index is 1.16. The number of rotatable bonds is 20. The highest BCUT2D eigenvalue weighted by atomic mass is 16.5. The third-order valence-electron chi connectivity index (χ3n) is 16.9. The minimum atomic E-state index is -0.503. The molecule has 0 aliphatic heterocycles. The van der Waals surface area contributed by atoms with Crippen LogP contribution in [0.3, 0.4) is 0 Å². The van der Waals surface area contributed by atoms with E-state index in [0.29, 0.717) is 57.2 Å². The van der Waals surface area contributed by atoms with Gasteiger partial charge in [-0.1, -0.05) is 168 Å². The van der Waals surface area contributed by atoms with E-state index in [-0.39, 0.29) is 64.9 Å². The molecular formula is C59H76O7. The lowest BCUT2D eigenvalue weighted by Gasteiger charge is -2.66. The van der Waals surface area contributed by atoms with Crippen molar-refractivity contribution < 1.29 is 33.6 Å². The SMILES string of the molecule is CC(=O)OCC[C@@H](CC(O)[C@H](C)C1=CCC2C3C(CC[C@]12C)[C@]1(C)C(C[C@H](OCc2ccccc2)C[C@@H]1OCc1ccccc1)[C@@H](OCc1ccccc1)[C@@H]3OCc1ccccc1)C(C)C. The number of benzene rings is 4. The third-order valence-corrected chi connectivity index (χ3v) is 16.9. The van der Waals surface area contributed by atoms with Gasteiger partial charge in [-0.25, -0.2) is 0 Å². The van der Waals surface area contributed by atoms with E-state index >= 15 is 0 Å². The average molecular weight is 897 g/mol. The fraction of sp³-hybridized carbons (Fsp3) is 0.542. The first-order valence-electron chi connectivity index (χ1n) is 25.1. The van der Waals surface area contributed by atoms with E-state index in [2.05, 4.69) is 162 Å². The molecule has 0 heterocycles. The van der Waals surface area contributed by atoms with Crippen molar-refractivity contribution in [3.8, 4) is 0 Å². The summed E-state index contributed by atoms with van der Waals surface area (Å²) in [5, 5.41) is 12.1. The van der Waals surface area contributed by atoms with Crippen molar-refractivity contribution in [1.29, 1.82) is 0 Å². The Morgan fingerprint density at radius 3 is 1.71 bits per heavy atom. The molecule has 3 saturated carbocycles. The second-order valence-electron chi connectivity index (χ2n) is 21.0. The minimum absolute atomic E-state index is 0.00794. The number of carbonyl (C=O) groups is 1. The van der Waals surface area contributed by atoms with Crippen LogP contribution >= 0.6 is 0 Å². The maximum Gasteiger partial charge on any atom is 0.302 e. The fourth-order valence-corrected chi connectivity index (χ4v) is 13.2. The molecule has 0 bridgehead atoms. The van der Waals surface area contributed by atoms with Gasteiger partial charge in [0.1, 0.15) is 0 Å². The number of aliphatic hydroxyl groups excluding tert-OH is 1. The summed E-state index contributed by atoms with van der Waals surface area (Å²) in [6.07, 6.45) is 7.67. The molecule has 0 aromatic heterocycles. The van der Waals surface area contributed by atoms with Gasteiger partial charge < -0.3 is 28.8 Å². The Morgan fingerprint density at radius 1 is 0.667 bits per heavy atom. The van der Waals surface area contributed by atoms with Crippen LogP contribution in [0.2, 0.25) is 0 Å². The van der Waals surface area contributed by atoms with Crippen molar-refractivity contribution in [2.45, 2.75) is 143 Å². The number of ether oxygens (including phenoxy) is 5. The zero-order valence-electron chi connectivity index (χ0n) is 40.4. The molecule has 0 saturated heterocycles. The highest BCUT2D eigenvalue weighted by Gasteiger charge is 2.68. The molecule has 4 aliphatic carbocycles. The van der Waals surface area contributed by atoms with Crippen LogP contribution in [0.15, 0.2) is 133 Å². The van der Waals surface area contributed by atoms with E-state index in [1.165, 1.54) is 23.6 Å². The quantitative estimate of drug-likeness (QED) is 0.0699. The van der Waals surface area contributed by atoms with Gasteiger partial charge in [-0.3, -0.25) is 4.79 Å². The number of carbonyl (C=O) groups excluding carboxylic acids is 1. The predicted octanol–water partition coefficient (Wildman–Crippen LogP) is 12.3. The van der Waals surface area contributed by atoms with Crippen LogP contribution in [-0.2, 0) is 54.9 Å². The first-order chi connectivity index (χ1) is 32.0. The summed E-state index contributed by atoms with van der Waals surface area (Å²) in [6.45, 7) is 15.7. The zero-order valence-corrected chi connectivity index (χ0v) is 40.4. The smallest absolute Gasteiger partial charge is 0.302 e. The second kappa shape index (κ2) is 21.9. The van der Waals surface area contributed by atoms with Crippen molar-refractivity contribution in [3.63, 3.8) is 0 Å². The molecule has 7 heteroatoms. The van der Waals surface area contributed by atoms with Gasteiger partial charge in [-0.2, -0.15) is 0 Å². The molecule has 4 aromatic rings. The van der Waals surface area contributed by atoms with E-state index in [1.54, 1.807) is 0 Å². The number of fused-ring (bicyclic) bond motifs is 5. The summed E-state index contributed by atoms with van der Waals surface area (Å²) in [6, 6.07) is 42.4. The highest BCUT2D eigenvalue weighted by Crippen LogP contribution is 2.68. The maximum absolute atomic E-state index is 12.1. The van der Waals surface area contributed by atoms with Gasteiger partial charge >= 0.3 is 5.97 Å². The molecule has 66 heavy (non-hydrogen) atoms. The molecule has 7 nitrogen and oxygen atoms in total. The van der Waals surface area contributed by atoms with Crippen LogP contribution in [0.25, 0.3) is 0 Å². The molecule has 0 radical (unpaired) electrons. The van der Waals surface area contributed by atoms with E-state index in [9.17, 15) is 9.90 Å². The Labute approximate surface area is 395 Å². The summed E-state index contributed by atoms with van der Waals surface area (Å²) in [7, 11) is 0. The molecule has 0 amide bonds. The molecule has 8 rings (SSSR count). The third kappa shape index (κ3) is 10.8. The first kappa shape index (κ1) is 48.4. The van der Waals surface area contributed by atoms with Gasteiger partial charge in [-0.15, -0.1) is 0 Å². The second-order valence-corrected chi connectivity index (χ2v) is 21.0. The van der Waals surface area contributed by atoms with Crippen LogP contribution in [0.1, 0.15) is 109 Å². The predicted molar refractivity (Wildman–Crippen MR) is 261 cm³/mol. The van der Waals surface area contributed by atoms with Gasteiger partial charge in [0.15, 0.2) is 0 Å². The Hall–Kier alpha value is -4.11. The Bertz CT molecular complexity index is 2140. The van der Waals surface area contributed by atoms with Gasteiger partial charge in [0, 0.05) is 24.7 Å². The van der Waals surface area contributed by atoms with Crippen LogP contribution in [0, 0.1) is 52.3 Å². The molecule has 3 fully saturated rings. The molecular weight excluding hydrogens is 821 g/mol. The van der Waals surface area contributed by atoms with Crippen LogP contribution < -0.4 is 0 Å². The number of esters is 1. The molecule has 13 atom stereocenters. The molecule has 5 unspecified atom stereocenters. The van der Waals surface area contributed by atoms with Crippen molar-refractivity contribution in [3.05, 3.63) is 155 Å². The van der Waals surface area contributed by atoms with Gasteiger partial charge in [-0.05, 0) is 102 Å². The number of allylic oxidation sites excluding steroid dienone is 1. The summed E-state index contributed by atoms with van der Waals surface area (Å²) >= 11 is 0. The summed E-state index contributed by atoms with van der Waals surface area (Å²) in [5.41, 5.74) is 5.71. The van der Waals surface area contributed by atoms with Crippen LogP contribution in [0.5, 0.6) is 0 Å². The van der Waals surface area contributed by atoms with Gasteiger partial charge in [0.05, 0.1) is 63.6 Å². The lowest BCUT2D eigenvalue weighted by molar-refractivity contribution is -0.282. The van der Waals surface area contributed by atoms with Gasteiger partial charge in [0.25, 0.3) is 0 Å². The zero-order chi connectivity index (χ0) is 46.3. The van der Waals surface area contributed by atoms with Crippen molar-refractivity contribution in [2.24, 2.45) is 52.3 Å². The molecule has 0 spiro atoms. The largest absolute Gasteiger partial charge is 0.466 e. The lowest BCUT2D eigenvalue weighted by atomic mass is 9.42. The Morgan fingerprint density at radius 2 is 1.18 bits per heavy atom. The highest BCUT2D eigenvalue weighted by molar-refractivity contribution is 5.65. The first-order valence-corrected chi connectivity index (χ1v) is 25.1. The van der Waals surface area contributed by atoms with Crippen LogP contribution in [-0.4, -0.2) is 48.2 Å². The molecule has 1 N–H and O–H groups in total. The van der Waals surface area contributed by atoms with Gasteiger partial charge in [0.2, 0.25) is 0 Å². The normalized spacial score (nSPS) is 30.6. The van der Waals surface area contributed by atoms with Crippen LogP contribution in [0.4, 0.5) is 0 Å². The fourth-order valence-electron chi connectivity index (χ4n) is 13.2. The minimum Gasteiger partial charge on any atom is -0.466 e. The van der Waals surface area contributed by atoms with E-state index in [1.807, 2.05) is 0 Å². The number of hydrogen-bond donors (Lipinski definition) is 1. The molecule has 4 aliphatic rings. The number of hydrogen-bond acceptors (Lipinski definition) is 7. The Kier molecular flexibility index (Phi) is 16.0.